The molecule has 0 radical (unpaired) electrons. The van der Waals surface area contributed by atoms with E-state index in [1.165, 1.54) is 33.0 Å². The van der Waals surface area contributed by atoms with Crippen LogP contribution in [0.4, 0.5) is 0 Å². The highest BCUT2D eigenvalue weighted by atomic mass is 14.8. The fourth-order valence-corrected chi connectivity index (χ4v) is 4.87. The van der Waals surface area contributed by atoms with Gasteiger partial charge in [0.05, 0.1) is 11.4 Å². The molecule has 0 unspecified atom stereocenters. The van der Waals surface area contributed by atoms with Gasteiger partial charge in [-0.25, -0.2) is 4.99 Å². The van der Waals surface area contributed by atoms with Crippen LogP contribution in [0.2, 0.25) is 0 Å². The van der Waals surface area contributed by atoms with Gasteiger partial charge in [-0.05, 0) is 53.8 Å². The predicted octanol–water partition coefficient (Wildman–Crippen LogP) is 10.1. The smallest absolute Gasteiger partial charge is 0.0787 e. The van der Waals surface area contributed by atoms with E-state index in [1.807, 2.05) is 0 Å². The molecule has 1 nitrogen and oxygen atoms in total. The second-order valence-corrected chi connectivity index (χ2v) is 9.60. The van der Waals surface area contributed by atoms with Crippen molar-refractivity contribution in [2.45, 2.75) is 27.2 Å². The van der Waals surface area contributed by atoms with E-state index in [0.29, 0.717) is 0 Å². The maximum Gasteiger partial charge on any atom is 0.0787 e. The lowest BCUT2D eigenvalue weighted by molar-refractivity contribution is 1.11. The van der Waals surface area contributed by atoms with Gasteiger partial charge in [0.25, 0.3) is 0 Å². The minimum absolute atomic E-state index is 0.947. The molecule has 0 saturated heterocycles. The standard InChI is InChI=1S/C37H33N/c1-4-27(2)35(31-19-10-6-11-20-31)37(32-21-12-7-13-22-32)38-36(28(3)29-16-8-5-9-17-29)34-25-24-30-18-14-15-23-33(30)26-34/h5-26H,4H2,1-3H3/b35-27+,36-28+,38-37+. The van der Waals surface area contributed by atoms with Crippen LogP contribution in [0.15, 0.2) is 144 Å². The molecule has 0 aromatic heterocycles. The van der Waals surface area contributed by atoms with E-state index >= 15 is 0 Å². The van der Waals surface area contributed by atoms with Gasteiger partial charge < -0.3 is 0 Å². The summed E-state index contributed by atoms with van der Waals surface area (Å²) in [6.07, 6.45) is 0.947. The Morgan fingerprint density at radius 3 is 1.66 bits per heavy atom. The van der Waals surface area contributed by atoms with Crippen LogP contribution in [0.5, 0.6) is 0 Å². The van der Waals surface area contributed by atoms with Crippen molar-refractivity contribution in [3.05, 3.63) is 161 Å². The molecule has 0 bridgehead atoms. The van der Waals surface area contributed by atoms with E-state index in [9.17, 15) is 0 Å². The minimum Gasteiger partial charge on any atom is -0.247 e. The lowest BCUT2D eigenvalue weighted by Gasteiger charge is -2.18. The van der Waals surface area contributed by atoms with Gasteiger partial charge in [-0.3, -0.25) is 0 Å². The van der Waals surface area contributed by atoms with Crippen LogP contribution >= 0.6 is 0 Å². The summed E-state index contributed by atoms with van der Waals surface area (Å²) in [7, 11) is 0. The third-order valence-corrected chi connectivity index (χ3v) is 7.11. The molecule has 5 aromatic rings. The molecule has 1 heteroatoms. The van der Waals surface area contributed by atoms with Gasteiger partial charge in [-0.2, -0.15) is 0 Å². The summed E-state index contributed by atoms with van der Waals surface area (Å²) in [6.45, 7) is 6.63. The van der Waals surface area contributed by atoms with Crippen LogP contribution in [0.25, 0.3) is 27.6 Å². The Morgan fingerprint density at radius 2 is 1.05 bits per heavy atom. The Bertz CT molecular complexity index is 1620. The van der Waals surface area contributed by atoms with Crippen molar-refractivity contribution in [1.82, 2.24) is 0 Å². The van der Waals surface area contributed by atoms with Gasteiger partial charge in [-0.1, -0.05) is 140 Å². The van der Waals surface area contributed by atoms with E-state index in [4.69, 9.17) is 4.99 Å². The molecular formula is C37H33N. The molecule has 5 rings (SSSR count). The first-order valence-corrected chi connectivity index (χ1v) is 13.3. The highest BCUT2D eigenvalue weighted by Crippen LogP contribution is 2.33. The van der Waals surface area contributed by atoms with Crippen molar-refractivity contribution in [1.29, 1.82) is 0 Å². The minimum atomic E-state index is 0.947. The van der Waals surface area contributed by atoms with Gasteiger partial charge in [0.15, 0.2) is 0 Å². The predicted molar refractivity (Wildman–Crippen MR) is 165 cm³/mol. The number of fused-ring (bicyclic) bond motifs is 1. The van der Waals surface area contributed by atoms with Crippen molar-refractivity contribution >= 4 is 33.3 Å². The Hall–Kier alpha value is -4.49. The quantitative estimate of drug-likeness (QED) is 0.159. The molecule has 0 N–H and O–H groups in total. The average Bonchev–Trinajstić information content (AvgIpc) is 2.99. The molecule has 5 aromatic carbocycles. The number of allylic oxidation sites excluding steroid dienone is 3. The number of nitrogens with zero attached hydrogens (tertiary/aromatic N) is 1. The van der Waals surface area contributed by atoms with E-state index < -0.39 is 0 Å². The van der Waals surface area contributed by atoms with Gasteiger partial charge in [-0.15, -0.1) is 0 Å². The second-order valence-electron chi connectivity index (χ2n) is 9.60. The summed E-state index contributed by atoms with van der Waals surface area (Å²) < 4.78 is 0. The topological polar surface area (TPSA) is 12.4 Å². The van der Waals surface area contributed by atoms with Crippen molar-refractivity contribution < 1.29 is 0 Å². The van der Waals surface area contributed by atoms with Crippen LogP contribution in [0.3, 0.4) is 0 Å². The van der Waals surface area contributed by atoms with Crippen LogP contribution in [-0.2, 0) is 0 Å². The number of aliphatic imine (C=N–C) groups is 1. The highest BCUT2D eigenvalue weighted by Gasteiger charge is 2.18. The summed E-state index contributed by atoms with van der Waals surface area (Å²) in [5.74, 6) is 0. The molecule has 186 valence electrons. The first-order chi connectivity index (χ1) is 18.7. The van der Waals surface area contributed by atoms with Gasteiger partial charge in [0.1, 0.15) is 0 Å². The summed E-state index contributed by atoms with van der Waals surface area (Å²) in [4.78, 5) is 5.58. The lowest BCUT2D eigenvalue weighted by atomic mass is 9.90. The van der Waals surface area contributed by atoms with Crippen LogP contribution in [0.1, 0.15) is 49.4 Å². The summed E-state index contributed by atoms with van der Waals surface area (Å²) >= 11 is 0. The number of benzene rings is 5. The summed E-state index contributed by atoms with van der Waals surface area (Å²) in [6, 6.07) is 47.0. The Kier molecular flexibility index (Phi) is 7.75. The molecule has 0 aliphatic rings. The zero-order valence-electron chi connectivity index (χ0n) is 22.4. The fraction of sp³-hybridized carbons (Fsp3) is 0.108. The van der Waals surface area contributed by atoms with E-state index in [1.54, 1.807) is 0 Å². The molecule has 0 aliphatic carbocycles. The lowest BCUT2D eigenvalue weighted by Crippen LogP contribution is -2.08. The number of hydrogen-bond acceptors (Lipinski definition) is 1. The second kappa shape index (κ2) is 11.7. The number of rotatable bonds is 7. The Morgan fingerprint density at radius 1 is 0.526 bits per heavy atom. The normalized spacial score (nSPS) is 13.2. The molecule has 0 fully saturated rings. The van der Waals surface area contributed by atoms with E-state index in [2.05, 4.69) is 154 Å². The molecule has 0 aliphatic heterocycles. The molecule has 0 atom stereocenters. The summed E-state index contributed by atoms with van der Waals surface area (Å²) in [5, 5.41) is 2.44. The third kappa shape index (κ3) is 5.43. The molecule has 0 heterocycles. The molecule has 0 saturated carbocycles. The first kappa shape index (κ1) is 25.2. The molecule has 38 heavy (non-hydrogen) atoms. The molecule has 0 spiro atoms. The van der Waals surface area contributed by atoms with Crippen molar-refractivity contribution in [2.75, 3.05) is 0 Å². The monoisotopic (exact) mass is 491 g/mol. The van der Waals surface area contributed by atoms with Gasteiger partial charge in [0, 0.05) is 16.7 Å². The average molecular weight is 492 g/mol. The van der Waals surface area contributed by atoms with Crippen molar-refractivity contribution in [3.8, 4) is 0 Å². The van der Waals surface area contributed by atoms with Gasteiger partial charge in [0.2, 0.25) is 0 Å². The highest BCUT2D eigenvalue weighted by molar-refractivity contribution is 6.33. The van der Waals surface area contributed by atoms with Crippen LogP contribution in [-0.4, -0.2) is 5.71 Å². The van der Waals surface area contributed by atoms with E-state index in [0.717, 1.165) is 34.5 Å². The fourth-order valence-electron chi connectivity index (χ4n) is 4.87. The maximum atomic E-state index is 5.58. The molecule has 0 amide bonds. The van der Waals surface area contributed by atoms with Crippen molar-refractivity contribution in [2.24, 2.45) is 4.99 Å². The van der Waals surface area contributed by atoms with Crippen LogP contribution in [0, 0.1) is 0 Å². The number of hydrogen-bond donors (Lipinski definition) is 0. The SMILES string of the molecule is CC/C(C)=C(/C(=N/C(=C(\C)c1ccccc1)c1ccc2ccccc2c1)c1ccccc1)c1ccccc1. The summed E-state index contributed by atoms with van der Waals surface area (Å²) in [5.41, 5.74) is 10.2. The zero-order chi connectivity index (χ0) is 26.3. The van der Waals surface area contributed by atoms with Crippen molar-refractivity contribution in [3.63, 3.8) is 0 Å². The third-order valence-electron chi connectivity index (χ3n) is 7.11. The van der Waals surface area contributed by atoms with Gasteiger partial charge >= 0.3 is 0 Å². The molecular weight excluding hydrogens is 458 g/mol. The Labute approximate surface area is 226 Å². The zero-order valence-corrected chi connectivity index (χ0v) is 22.4. The largest absolute Gasteiger partial charge is 0.247 e. The van der Waals surface area contributed by atoms with E-state index in [-0.39, 0.29) is 0 Å². The maximum absolute atomic E-state index is 5.58. The van der Waals surface area contributed by atoms with Crippen LogP contribution < -0.4 is 0 Å². The first-order valence-electron chi connectivity index (χ1n) is 13.3. The Balaban J connectivity index is 1.84.